The number of fused-ring (bicyclic) bond motifs is 1. The van der Waals surface area contributed by atoms with Gasteiger partial charge in [0.2, 0.25) is 0 Å². The topological polar surface area (TPSA) is 17.8 Å². The van der Waals surface area contributed by atoms with Gasteiger partial charge in [0.1, 0.15) is 17.5 Å². The van der Waals surface area contributed by atoms with Gasteiger partial charge in [-0.15, -0.1) is 11.6 Å². The van der Waals surface area contributed by atoms with Crippen LogP contribution in [-0.4, -0.2) is 9.55 Å². The summed E-state index contributed by atoms with van der Waals surface area (Å²) in [6.07, 6.45) is 0. The molecule has 0 spiro atoms. The Morgan fingerprint density at radius 2 is 1.67 bits per heavy atom. The maximum absolute atomic E-state index is 13.9. The van der Waals surface area contributed by atoms with Crippen LogP contribution in [0.2, 0.25) is 0 Å². The molecule has 1 heterocycles. The van der Waals surface area contributed by atoms with Crippen LogP contribution < -0.4 is 0 Å². The van der Waals surface area contributed by atoms with Crippen LogP contribution in [-0.2, 0) is 5.88 Å². The van der Waals surface area contributed by atoms with Gasteiger partial charge in [0.15, 0.2) is 11.6 Å². The number of nitrogens with zero attached hydrogens (tertiary/aromatic N) is 2. The molecule has 0 N–H and O–H groups in total. The Morgan fingerprint density at radius 1 is 0.952 bits per heavy atom. The molecular weight excluding hydrogens is 308 g/mol. The highest BCUT2D eigenvalue weighted by atomic mass is 35.5. The van der Waals surface area contributed by atoms with Gasteiger partial charge in [-0.05, 0) is 12.1 Å². The molecule has 3 aromatic rings. The average Bonchev–Trinajstić information content (AvgIpc) is 2.80. The smallest absolute Gasteiger partial charge is 0.161 e. The Bertz CT molecular complexity index is 845. The number of hydrogen-bond donors (Lipinski definition) is 0. The minimum Gasteiger partial charge on any atom is -0.292 e. The predicted molar refractivity (Wildman–Crippen MR) is 70.5 cm³/mol. The van der Waals surface area contributed by atoms with Crippen LogP contribution in [0.25, 0.3) is 16.7 Å². The van der Waals surface area contributed by atoms with Crippen molar-refractivity contribution in [3.05, 3.63) is 59.4 Å². The number of rotatable bonds is 2. The third-order valence-corrected chi connectivity index (χ3v) is 3.28. The molecule has 0 aliphatic heterocycles. The lowest BCUT2D eigenvalue weighted by Gasteiger charge is -2.09. The number of benzene rings is 2. The number of alkyl halides is 1. The van der Waals surface area contributed by atoms with Crippen molar-refractivity contribution in [3.8, 4) is 5.69 Å². The van der Waals surface area contributed by atoms with Gasteiger partial charge in [-0.3, -0.25) is 4.57 Å². The predicted octanol–water partition coefficient (Wildman–Crippen LogP) is 4.32. The van der Waals surface area contributed by atoms with Crippen LogP contribution in [0.3, 0.4) is 0 Å². The number of hydrogen-bond acceptors (Lipinski definition) is 1. The van der Waals surface area contributed by atoms with E-state index in [2.05, 4.69) is 4.98 Å². The van der Waals surface area contributed by atoms with Crippen molar-refractivity contribution < 1.29 is 17.6 Å². The monoisotopic (exact) mass is 314 g/mol. The zero-order chi connectivity index (χ0) is 15.1. The Kier molecular flexibility index (Phi) is 3.33. The lowest BCUT2D eigenvalue weighted by Crippen LogP contribution is -2.04. The maximum atomic E-state index is 13.9. The van der Waals surface area contributed by atoms with Crippen LogP contribution in [0.4, 0.5) is 17.6 Å². The van der Waals surface area contributed by atoms with E-state index in [1.807, 2.05) is 0 Å². The fraction of sp³-hybridized carbons (Fsp3) is 0.0714. The SMILES string of the molecule is Fc1ccc2nc(CCl)n(-c3cc(F)c(F)cc3F)c2c1. The van der Waals surface area contributed by atoms with E-state index in [9.17, 15) is 17.6 Å². The van der Waals surface area contributed by atoms with Gasteiger partial charge < -0.3 is 0 Å². The molecule has 0 aliphatic carbocycles. The third kappa shape index (κ3) is 2.25. The first kappa shape index (κ1) is 13.9. The molecule has 1 aromatic heterocycles. The summed E-state index contributed by atoms with van der Waals surface area (Å²) in [7, 11) is 0. The van der Waals surface area contributed by atoms with E-state index in [1.165, 1.54) is 16.7 Å². The van der Waals surface area contributed by atoms with Gasteiger partial charge in [-0.2, -0.15) is 0 Å². The average molecular weight is 315 g/mol. The van der Waals surface area contributed by atoms with Gasteiger partial charge in [-0.25, -0.2) is 22.5 Å². The molecule has 0 atom stereocenters. The number of imidazole rings is 1. The summed E-state index contributed by atoms with van der Waals surface area (Å²) in [6.45, 7) is 0. The molecule has 0 bridgehead atoms. The highest BCUT2D eigenvalue weighted by Gasteiger charge is 2.18. The summed E-state index contributed by atoms with van der Waals surface area (Å²) in [4.78, 5) is 4.12. The van der Waals surface area contributed by atoms with Crippen LogP contribution >= 0.6 is 11.6 Å². The second-order valence-electron chi connectivity index (χ2n) is 4.35. The lowest BCUT2D eigenvalue weighted by molar-refractivity contribution is 0.493. The summed E-state index contributed by atoms with van der Waals surface area (Å²) in [5, 5.41) is 0. The molecule has 0 saturated carbocycles. The Hall–Kier alpha value is -2.08. The van der Waals surface area contributed by atoms with Gasteiger partial charge in [0.05, 0.1) is 22.6 Å². The van der Waals surface area contributed by atoms with Crippen molar-refractivity contribution in [1.29, 1.82) is 0 Å². The summed E-state index contributed by atoms with van der Waals surface area (Å²) in [5.74, 6) is -3.99. The summed E-state index contributed by atoms with van der Waals surface area (Å²) < 4.78 is 54.9. The van der Waals surface area contributed by atoms with Crippen LogP contribution in [0, 0.1) is 23.3 Å². The molecule has 108 valence electrons. The van der Waals surface area contributed by atoms with Crippen molar-refractivity contribution in [2.75, 3.05) is 0 Å². The standard InChI is InChI=1S/C14H7ClF4N2/c15-6-14-20-11-2-1-7(16)3-13(11)21(14)12-5-9(18)8(17)4-10(12)19/h1-5H,6H2. The molecule has 0 radical (unpaired) electrons. The van der Waals surface area contributed by atoms with Gasteiger partial charge in [0.25, 0.3) is 0 Å². The first-order valence-electron chi connectivity index (χ1n) is 5.89. The van der Waals surface area contributed by atoms with Crippen molar-refractivity contribution >= 4 is 22.6 Å². The Balaban J connectivity index is 2.38. The number of aromatic nitrogens is 2. The van der Waals surface area contributed by atoms with E-state index in [0.29, 0.717) is 17.6 Å². The quantitative estimate of drug-likeness (QED) is 0.391. The molecule has 0 aliphatic rings. The van der Waals surface area contributed by atoms with Crippen molar-refractivity contribution in [1.82, 2.24) is 9.55 Å². The normalized spacial score (nSPS) is 11.3. The molecule has 2 nitrogen and oxygen atoms in total. The zero-order valence-electron chi connectivity index (χ0n) is 10.4. The van der Waals surface area contributed by atoms with Crippen molar-refractivity contribution in [2.45, 2.75) is 5.88 Å². The second-order valence-corrected chi connectivity index (χ2v) is 4.62. The second kappa shape index (κ2) is 5.04. The van der Waals surface area contributed by atoms with E-state index in [4.69, 9.17) is 11.6 Å². The molecule has 0 unspecified atom stereocenters. The molecule has 0 saturated heterocycles. The van der Waals surface area contributed by atoms with Gasteiger partial charge in [0, 0.05) is 18.2 Å². The van der Waals surface area contributed by atoms with Crippen LogP contribution in [0.5, 0.6) is 0 Å². The van der Waals surface area contributed by atoms with E-state index >= 15 is 0 Å². The molecule has 7 heteroatoms. The largest absolute Gasteiger partial charge is 0.292 e. The third-order valence-electron chi connectivity index (χ3n) is 3.04. The molecule has 2 aromatic carbocycles. The van der Waals surface area contributed by atoms with E-state index in [-0.39, 0.29) is 22.9 Å². The first-order chi connectivity index (χ1) is 10.0. The molecule has 3 rings (SSSR count). The molecule has 21 heavy (non-hydrogen) atoms. The fourth-order valence-corrected chi connectivity index (χ4v) is 2.32. The fourth-order valence-electron chi connectivity index (χ4n) is 2.14. The van der Waals surface area contributed by atoms with Gasteiger partial charge >= 0.3 is 0 Å². The number of halogens is 5. The molecule has 0 amide bonds. The van der Waals surface area contributed by atoms with Crippen LogP contribution in [0.15, 0.2) is 30.3 Å². The minimum absolute atomic E-state index is 0.102. The van der Waals surface area contributed by atoms with Crippen molar-refractivity contribution in [3.63, 3.8) is 0 Å². The first-order valence-corrected chi connectivity index (χ1v) is 6.42. The lowest BCUT2D eigenvalue weighted by atomic mass is 10.2. The molecule has 0 fully saturated rings. The minimum atomic E-state index is -1.31. The van der Waals surface area contributed by atoms with Crippen molar-refractivity contribution in [2.24, 2.45) is 0 Å². The van der Waals surface area contributed by atoms with Crippen LogP contribution in [0.1, 0.15) is 5.82 Å². The maximum Gasteiger partial charge on any atom is 0.161 e. The van der Waals surface area contributed by atoms with E-state index < -0.39 is 23.3 Å². The molecular formula is C14H7ClF4N2. The highest BCUT2D eigenvalue weighted by molar-refractivity contribution is 6.17. The zero-order valence-corrected chi connectivity index (χ0v) is 11.1. The summed E-state index contributed by atoms with van der Waals surface area (Å²) >= 11 is 5.75. The Labute approximate surface area is 121 Å². The van der Waals surface area contributed by atoms with E-state index in [1.54, 1.807) is 0 Å². The van der Waals surface area contributed by atoms with Gasteiger partial charge in [-0.1, -0.05) is 0 Å². The summed E-state index contributed by atoms with van der Waals surface area (Å²) in [6, 6.07) is 4.83. The Morgan fingerprint density at radius 3 is 2.38 bits per heavy atom. The highest BCUT2D eigenvalue weighted by Crippen LogP contribution is 2.26. The summed E-state index contributed by atoms with van der Waals surface area (Å²) in [5.41, 5.74) is 0.310. The van der Waals surface area contributed by atoms with E-state index in [0.717, 1.165) is 6.07 Å².